The van der Waals surface area contributed by atoms with Crippen LogP contribution in [0.25, 0.3) is 0 Å². The van der Waals surface area contributed by atoms with Crippen LogP contribution in [0.15, 0.2) is 10.5 Å². The van der Waals surface area contributed by atoms with Gasteiger partial charge in [-0.3, -0.25) is 0 Å². The molecule has 1 aromatic heterocycles. The second-order valence-corrected chi connectivity index (χ2v) is 4.98. The number of carbonyl (C=O) groups is 1. The molecule has 0 aliphatic carbocycles. The molecular weight excluding hydrogens is 258 g/mol. The third-order valence-electron chi connectivity index (χ3n) is 2.87. The third kappa shape index (κ3) is 5.75. The lowest BCUT2D eigenvalue weighted by atomic mass is 10.2. The maximum Gasteiger partial charge on any atom is 0.341 e. The first-order chi connectivity index (χ1) is 9.54. The van der Waals surface area contributed by atoms with Crippen LogP contribution < -0.4 is 5.32 Å². The molecular formula is C15H25NO4. The minimum Gasteiger partial charge on any atom is -0.465 e. The number of unbranched alkanes of at least 4 members (excludes halogenated alkanes) is 1. The molecule has 0 saturated carbocycles. The smallest absolute Gasteiger partial charge is 0.341 e. The molecule has 1 aromatic rings. The van der Waals surface area contributed by atoms with Gasteiger partial charge in [0.1, 0.15) is 17.1 Å². The van der Waals surface area contributed by atoms with Crippen molar-refractivity contribution in [1.29, 1.82) is 0 Å². The molecule has 0 bridgehead atoms. The molecule has 0 spiro atoms. The van der Waals surface area contributed by atoms with Crippen LogP contribution in [0, 0.1) is 6.92 Å². The summed E-state index contributed by atoms with van der Waals surface area (Å²) in [5.41, 5.74) is 0.495. The number of esters is 1. The first-order valence-corrected chi connectivity index (χ1v) is 7.04. The highest BCUT2D eigenvalue weighted by Crippen LogP contribution is 2.15. The highest BCUT2D eigenvalue weighted by Gasteiger charge is 2.14. The number of hydrogen-bond acceptors (Lipinski definition) is 5. The largest absolute Gasteiger partial charge is 0.465 e. The van der Waals surface area contributed by atoms with E-state index in [1.807, 2.05) is 13.8 Å². The molecule has 0 radical (unpaired) electrons. The molecule has 0 aliphatic heterocycles. The van der Waals surface area contributed by atoms with Crippen molar-refractivity contribution in [2.45, 2.75) is 46.3 Å². The summed E-state index contributed by atoms with van der Waals surface area (Å²) in [5.74, 6) is 0.989. The van der Waals surface area contributed by atoms with E-state index in [0.29, 0.717) is 24.0 Å². The summed E-state index contributed by atoms with van der Waals surface area (Å²) in [6, 6.07) is 1.73. The molecule has 0 aromatic carbocycles. The topological polar surface area (TPSA) is 60.7 Å². The van der Waals surface area contributed by atoms with E-state index in [2.05, 4.69) is 10.1 Å². The lowest BCUT2D eigenvalue weighted by Gasteiger charge is -2.07. The molecule has 1 N–H and O–H groups in total. The molecule has 0 amide bonds. The van der Waals surface area contributed by atoms with Gasteiger partial charge in [-0.2, -0.15) is 0 Å². The Bertz CT molecular complexity index is 412. The van der Waals surface area contributed by atoms with Gasteiger partial charge in [0.05, 0.1) is 19.8 Å². The van der Waals surface area contributed by atoms with Crippen molar-refractivity contribution in [1.82, 2.24) is 5.32 Å². The monoisotopic (exact) mass is 283 g/mol. The Morgan fingerprint density at radius 2 is 2.15 bits per heavy atom. The summed E-state index contributed by atoms with van der Waals surface area (Å²) in [5, 5.41) is 3.29. The molecule has 5 heteroatoms. The predicted molar refractivity (Wildman–Crippen MR) is 76.8 cm³/mol. The van der Waals surface area contributed by atoms with Crippen LogP contribution in [0.5, 0.6) is 0 Å². The van der Waals surface area contributed by atoms with Crippen LogP contribution in [0.3, 0.4) is 0 Å². The van der Waals surface area contributed by atoms with E-state index in [9.17, 15) is 4.79 Å². The van der Waals surface area contributed by atoms with Gasteiger partial charge in [-0.1, -0.05) is 0 Å². The van der Waals surface area contributed by atoms with Crippen molar-refractivity contribution in [2.75, 3.05) is 20.3 Å². The van der Waals surface area contributed by atoms with E-state index < -0.39 is 0 Å². The summed E-state index contributed by atoms with van der Waals surface area (Å²) in [6.45, 7) is 8.15. The Kier molecular flexibility index (Phi) is 7.33. The number of ether oxygens (including phenoxy) is 2. The lowest BCUT2D eigenvalue weighted by Crippen LogP contribution is -2.15. The van der Waals surface area contributed by atoms with Gasteiger partial charge in [-0.05, 0) is 46.2 Å². The van der Waals surface area contributed by atoms with Gasteiger partial charge in [-0.15, -0.1) is 0 Å². The van der Waals surface area contributed by atoms with Gasteiger partial charge in [0.25, 0.3) is 0 Å². The molecule has 0 aliphatic rings. The van der Waals surface area contributed by atoms with E-state index in [-0.39, 0.29) is 5.97 Å². The van der Waals surface area contributed by atoms with Crippen molar-refractivity contribution in [2.24, 2.45) is 0 Å². The number of methoxy groups -OCH3 is 1. The second kappa shape index (κ2) is 8.76. The molecule has 20 heavy (non-hydrogen) atoms. The SMILES string of the molecule is COC(=O)c1cc(CNCCCCOC(C)C)oc1C. The summed E-state index contributed by atoms with van der Waals surface area (Å²) in [6.07, 6.45) is 2.39. The zero-order valence-corrected chi connectivity index (χ0v) is 12.8. The lowest BCUT2D eigenvalue weighted by molar-refractivity contribution is 0.0598. The minimum atomic E-state index is -0.358. The molecule has 0 saturated heterocycles. The van der Waals surface area contributed by atoms with Crippen molar-refractivity contribution in [3.63, 3.8) is 0 Å². The Morgan fingerprint density at radius 3 is 2.80 bits per heavy atom. The summed E-state index contributed by atoms with van der Waals surface area (Å²) < 4.78 is 15.7. The van der Waals surface area contributed by atoms with Crippen molar-refractivity contribution in [3.8, 4) is 0 Å². The van der Waals surface area contributed by atoms with Crippen LogP contribution in [0.4, 0.5) is 0 Å². The minimum absolute atomic E-state index is 0.297. The van der Waals surface area contributed by atoms with Gasteiger partial charge in [0, 0.05) is 6.61 Å². The molecule has 0 unspecified atom stereocenters. The summed E-state index contributed by atoms with van der Waals surface area (Å²) in [4.78, 5) is 11.4. The normalized spacial score (nSPS) is 11.1. The number of carbonyl (C=O) groups excluding carboxylic acids is 1. The Balaban J connectivity index is 2.21. The third-order valence-corrected chi connectivity index (χ3v) is 2.87. The quantitative estimate of drug-likeness (QED) is 0.557. The number of hydrogen-bond donors (Lipinski definition) is 1. The zero-order chi connectivity index (χ0) is 15.0. The fraction of sp³-hybridized carbons (Fsp3) is 0.667. The molecule has 114 valence electrons. The number of aryl methyl sites for hydroxylation is 1. The van der Waals surface area contributed by atoms with Crippen LogP contribution in [0.2, 0.25) is 0 Å². The number of furan rings is 1. The Hall–Kier alpha value is -1.33. The van der Waals surface area contributed by atoms with Crippen LogP contribution in [0.1, 0.15) is 48.6 Å². The highest BCUT2D eigenvalue weighted by molar-refractivity contribution is 5.90. The molecule has 0 atom stereocenters. The van der Waals surface area contributed by atoms with Crippen LogP contribution in [-0.2, 0) is 16.0 Å². The first-order valence-electron chi connectivity index (χ1n) is 7.04. The van der Waals surface area contributed by atoms with Gasteiger partial charge in [-0.25, -0.2) is 4.79 Å². The molecule has 1 heterocycles. The van der Waals surface area contributed by atoms with E-state index in [1.165, 1.54) is 7.11 Å². The highest BCUT2D eigenvalue weighted by atomic mass is 16.5. The maximum atomic E-state index is 11.4. The predicted octanol–water partition coefficient (Wildman–Crippen LogP) is 2.67. The van der Waals surface area contributed by atoms with Crippen molar-refractivity contribution < 1.29 is 18.7 Å². The average molecular weight is 283 g/mol. The fourth-order valence-corrected chi connectivity index (χ4v) is 1.83. The standard InChI is InChI=1S/C15H25NO4/c1-11(2)19-8-6-5-7-16-10-13-9-14(12(3)20-13)15(17)18-4/h9,11,16H,5-8,10H2,1-4H3. The zero-order valence-electron chi connectivity index (χ0n) is 12.8. The van der Waals surface area contributed by atoms with E-state index in [0.717, 1.165) is 31.8 Å². The van der Waals surface area contributed by atoms with E-state index >= 15 is 0 Å². The van der Waals surface area contributed by atoms with Crippen LogP contribution >= 0.6 is 0 Å². The number of rotatable bonds is 9. The molecule has 1 rings (SSSR count). The van der Waals surface area contributed by atoms with Gasteiger partial charge in [0.2, 0.25) is 0 Å². The second-order valence-electron chi connectivity index (χ2n) is 4.98. The molecule has 0 fully saturated rings. The van der Waals surface area contributed by atoms with Gasteiger partial charge >= 0.3 is 5.97 Å². The van der Waals surface area contributed by atoms with Gasteiger partial charge < -0.3 is 19.2 Å². The van der Waals surface area contributed by atoms with E-state index in [4.69, 9.17) is 9.15 Å². The summed E-state index contributed by atoms with van der Waals surface area (Å²) >= 11 is 0. The Morgan fingerprint density at radius 1 is 1.40 bits per heavy atom. The maximum absolute atomic E-state index is 11.4. The van der Waals surface area contributed by atoms with E-state index in [1.54, 1.807) is 13.0 Å². The van der Waals surface area contributed by atoms with Crippen molar-refractivity contribution in [3.05, 3.63) is 23.2 Å². The fourth-order valence-electron chi connectivity index (χ4n) is 1.83. The number of nitrogens with one attached hydrogen (secondary N) is 1. The molecule has 5 nitrogen and oxygen atoms in total. The van der Waals surface area contributed by atoms with Crippen molar-refractivity contribution >= 4 is 5.97 Å². The average Bonchev–Trinajstić information content (AvgIpc) is 2.77. The Labute approximate surface area is 120 Å². The van der Waals surface area contributed by atoms with Gasteiger partial charge in [0.15, 0.2) is 0 Å². The van der Waals surface area contributed by atoms with Crippen LogP contribution in [-0.4, -0.2) is 32.3 Å². The summed E-state index contributed by atoms with van der Waals surface area (Å²) in [7, 11) is 1.37. The first kappa shape index (κ1) is 16.7.